The van der Waals surface area contributed by atoms with E-state index in [1.54, 1.807) is 6.33 Å². The van der Waals surface area contributed by atoms with Gasteiger partial charge in [0.05, 0.1) is 12.6 Å². The third-order valence-electron chi connectivity index (χ3n) is 6.63. The minimum Gasteiger partial charge on any atom is -0.376 e. The number of carbonyl (C=O) groups excluding carboxylic acids is 1. The van der Waals surface area contributed by atoms with Crippen LogP contribution in [0, 0.1) is 11.8 Å². The molecule has 1 aromatic heterocycles. The Bertz CT molecular complexity index is 1010. The van der Waals surface area contributed by atoms with Crippen molar-refractivity contribution in [1.29, 1.82) is 0 Å². The molecule has 1 saturated carbocycles. The lowest BCUT2D eigenvalue weighted by Gasteiger charge is -2.28. The molecule has 2 aliphatic rings. The van der Waals surface area contributed by atoms with E-state index in [-0.39, 0.29) is 12.0 Å². The van der Waals surface area contributed by atoms with Gasteiger partial charge in [-0.3, -0.25) is 4.79 Å². The number of hydrogen-bond acceptors (Lipinski definition) is 4. The maximum absolute atomic E-state index is 13.1. The van der Waals surface area contributed by atoms with Crippen molar-refractivity contribution in [1.82, 2.24) is 14.8 Å². The third-order valence-corrected chi connectivity index (χ3v) is 6.63. The number of aromatic nitrogens is 3. The van der Waals surface area contributed by atoms with E-state index in [1.165, 1.54) is 11.1 Å². The fourth-order valence-corrected chi connectivity index (χ4v) is 4.94. The molecule has 5 rings (SSSR count). The maximum Gasteiger partial charge on any atom is 0.164 e. The van der Waals surface area contributed by atoms with Crippen LogP contribution in [0.5, 0.6) is 0 Å². The Morgan fingerprint density at radius 1 is 1.00 bits per heavy atom. The number of hydrogen-bond donors (Lipinski definition) is 0. The molecular formula is C25H27N3O2. The Kier molecular flexibility index (Phi) is 5.45. The second-order valence-corrected chi connectivity index (χ2v) is 8.55. The first kappa shape index (κ1) is 19.2. The summed E-state index contributed by atoms with van der Waals surface area (Å²) in [4.78, 5) is 13.1. The number of ether oxygens (including phenoxy) is 1. The van der Waals surface area contributed by atoms with Crippen LogP contribution in [0.4, 0.5) is 0 Å². The van der Waals surface area contributed by atoms with Gasteiger partial charge in [0.2, 0.25) is 0 Å². The summed E-state index contributed by atoms with van der Waals surface area (Å²) in [5.41, 5.74) is 3.51. The van der Waals surface area contributed by atoms with Gasteiger partial charge < -0.3 is 9.30 Å². The van der Waals surface area contributed by atoms with E-state index < -0.39 is 0 Å². The summed E-state index contributed by atoms with van der Waals surface area (Å²) < 4.78 is 7.99. The third kappa shape index (κ3) is 3.82. The van der Waals surface area contributed by atoms with Crippen LogP contribution < -0.4 is 0 Å². The predicted octanol–water partition coefficient (Wildman–Crippen LogP) is 4.83. The van der Waals surface area contributed by atoms with Gasteiger partial charge in [0, 0.05) is 24.5 Å². The zero-order valence-corrected chi connectivity index (χ0v) is 17.1. The Labute approximate surface area is 177 Å². The minimum absolute atomic E-state index is 0.0330. The first-order valence-corrected chi connectivity index (χ1v) is 10.9. The van der Waals surface area contributed by atoms with Crippen LogP contribution in [0.25, 0.3) is 11.4 Å². The molecule has 1 aliphatic heterocycles. The molecular weight excluding hydrogens is 374 g/mol. The molecule has 2 heterocycles. The Hall–Kier alpha value is -2.79. The van der Waals surface area contributed by atoms with Crippen LogP contribution >= 0.6 is 0 Å². The zero-order chi connectivity index (χ0) is 20.3. The van der Waals surface area contributed by atoms with Crippen LogP contribution in [-0.2, 0) is 16.1 Å². The Balaban J connectivity index is 1.14. The normalized spacial score (nSPS) is 22.5. The molecule has 154 valence electrons. The molecule has 0 saturated heterocycles. The Morgan fingerprint density at radius 2 is 1.77 bits per heavy atom. The molecule has 1 aliphatic carbocycles. The topological polar surface area (TPSA) is 57.0 Å². The average molecular weight is 402 g/mol. The summed E-state index contributed by atoms with van der Waals surface area (Å²) >= 11 is 0. The maximum atomic E-state index is 13.1. The number of carbonyl (C=O) groups is 1. The standard InChI is InChI=1S/C25H27N3O2/c29-24(14-23-21-8-4-5-9-22(21)25-27-26-17-28(23)25)20-12-10-19(11-13-20)16-30-15-18-6-2-1-3-7-18/h1-9,17,19-20,23H,10-16H2. The van der Waals surface area contributed by atoms with Crippen molar-refractivity contribution in [2.75, 3.05) is 6.61 Å². The second-order valence-electron chi connectivity index (χ2n) is 8.55. The number of fused-ring (bicyclic) bond motifs is 3. The van der Waals surface area contributed by atoms with E-state index >= 15 is 0 Å². The summed E-state index contributed by atoms with van der Waals surface area (Å²) in [6.45, 7) is 1.46. The van der Waals surface area contributed by atoms with Gasteiger partial charge >= 0.3 is 0 Å². The fraction of sp³-hybridized carbons (Fsp3) is 0.400. The van der Waals surface area contributed by atoms with Crippen molar-refractivity contribution in [3.8, 4) is 11.4 Å². The van der Waals surface area contributed by atoms with Crippen LogP contribution in [0.15, 0.2) is 60.9 Å². The second kappa shape index (κ2) is 8.52. The quantitative estimate of drug-likeness (QED) is 0.569. The largest absolute Gasteiger partial charge is 0.376 e. The first-order chi connectivity index (χ1) is 14.8. The first-order valence-electron chi connectivity index (χ1n) is 10.9. The van der Waals surface area contributed by atoms with Gasteiger partial charge in [-0.2, -0.15) is 0 Å². The van der Waals surface area contributed by atoms with Crippen LogP contribution in [0.3, 0.4) is 0 Å². The molecule has 0 radical (unpaired) electrons. The Morgan fingerprint density at radius 3 is 2.60 bits per heavy atom. The van der Waals surface area contributed by atoms with Crippen molar-refractivity contribution >= 4 is 5.78 Å². The van der Waals surface area contributed by atoms with Crippen LogP contribution in [-0.4, -0.2) is 27.2 Å². The minimum atomic E-state index is 0.0330. The molecule has 1 unspecified atom stereocenters. The van der Waals surface area contributed by atoms with Gasteiger partial charge in [0.1, 0.15) is 12.1 Å². The predicted molar refractivity (Wildman–Crippen MR) is 115 cm³/mol. The molecule has 5 nitrogen and oxygen atoms in total. The van der Waals surface area contributed by atoms with Gasteiger partial charge in [0.25, 0.3) is 0 Å². The highest BCUT2D eigenvalue weighted by Gasteiger charge is 2.34. The lowest BCUT2D eigenvalue weighted by atomic mass is 9.79. The van der Waals surface area contributed by atoms with Crippen molar-refractivity contribution < 1.29 is 9.53 Å². The van der Waals surface area contributed by atoms with E-state index in [0.717, 1.165) is 43.7 Å². The fourth-order valence-electron chi connectivity index (χ4n) is 4.94. The molecule has 0 amide bonds. The van der Waals surface area contributed by atoms with E-state index in [1.807, 2.05) is 30.3 Å². The number of nitrogens with zero attached hydrogens (tertiary/aromatic N) is 3. The molecule has 1 fully saturated rings. The van der Waals surface area contributed by atoms with Crippen molar-refractivity contribution in [3.05, 3.63) is 72.1 Å². The van der Waals surface area contributed by atoms with Crippen molar-refractivity contribution in [2.24, 2.45) is 11.8 Å². The van der Waals surface area contributed by atoms with Gasteiger partial charge in [0.15, 0.2) is 5.82 Å². The molecule has 2 aromatic carbocycles. The number of rotatable bonds is 7. The van der Waals surface area contributed by atoms with Crippen LogP contribution in [0.2, 0.25) is 0 Å². The van der Waals surface area contributed by atoms with E-state index in [0.29, 0.717) is 24.7 Å². The smallest absolute Gasteiger partial charge is 0.164 e. The van der Waals surface area contributed by atoms with Crippen molar-refractivity contribution in [2.45, 2.75) is 44.8 Å². The highest BCUT2D eigenvalue weighted by molar-refractivity contribution is 5.83. The zero-order valence-electron chi connectivity index (χ0n) is 17.1. The molecule has 3 aromatic rings. The molecule has 5 heteroatoms. The number of ketones is 1. The molecule has 0 bridgehead atoms. The molecule has 1 atom stereocenters. The summed E-state index contributed by atoms with van der Waals surface area (Å²) in [5, 5.41) is 8.32. The molecule has 0 N–H and O–H groups in total. The summed E-state index contributed by atoms with van der Waals surface area (Å²) in [6, 6.07) is 18.6. The highest BCUT2D eigenvalue weighted by Crippen LogP contribution is 2.41. The number of Topliss-reactive ketones (excluding diaryl/α,β-unsaturated/α-hetero) is 1. The molecule has 30 heavy (non-hydrogen) atoms. The summed E-state index contributed by atoms with van der Waals surface area (Å²) in [7, 11) is 0. The summed E-state index contributed by atoms with van der Waals surface area (Å²) in [5.74, 6) is 1.99. The van der Waals surface area contributed by atoms with E-state index in [2.05, 4.69) is 39.0 Å². The van der Waals surface area contributed by atoms with Gasteiger partial charge in [-0.1, -0.05) is 54.6 Å². The highest BCUT2D eigenvalue weighted by atomic mass is 16.5. The molecule has 0 spiro atoms. The lowest BCUT2D eigenvalue weighted by molar-refractivity contribution is -0.124. The van der Waals surface area contributed by atoms with E-state index in [9.17, 15) is 4.79 Å². The van der Waals surface area contributed by atoms with Crippen LogP contribution in [0.1, 0.15) is 49.3 Å². The monoisotopic (exact) mass is 401 g/mol. The lowest BCUT2D eigenvalue weighted by Crippen LogP contribution is -2.26. The SMILES string of the molecule is O=C(CC1c2ccccc2-c2nncn21)C1CCC(COCc2ccccc2)CC1. The van der Waals surface area contributed by atoms with Crippen molar-refractivity contribution in [3.63, 3.8) is 0 Å². The van der Waals surface area contributed by atoms with Gasteiger partial charge in [-0.05, 0) is 42.7 Å². The average Bonchev–Trinajstić information content (AvgIpc) is 3.38. The van der Waals surface area contributed by atoms with E-state index in [4.69, 9.17) is 4.74 Å². The summed E-state index contributed by atoms with van der Waals surface area (Å²) in [6.07, 6.45) is 6.38. The number of benzene rings is 2. The van der Waals surface area contributed by atoms with Gasteiger partial charge in [-0.15, -0.1) is 10.2 Å². The van der Waals surface area contributed by atoms with Gasteiger partial charge in [-0.25, -0.2) is 0 Å².